The second-order valence-corrected chi connectivity index (χ2v) is 8.17. The number of amides is 2. The van der Waals surface area contributed by atoms with Gasteiger partial charge < -0.3 is 24.6 Å². The standard InChI is InChI=1S/C24H29N3O4/c1-16-14-26(15-17(2)31-16)23(28)18-8-10-19(11-9-18)25-22-20-6-4-5-7-21(20)24(29)27(22)12-13-30-3/h4-11,16-17,22,25H,12-15H2,1-3H3. The number of nitrogens with one attached hydrogen (secondary N) is 1. The molecule has 2 aromatic rings. The average Bonchev–Trinajstić information content (AvgIpc) is 3.03. The lowest BCUT2D eigenvalue weighted by Gasteiger charge is -2.35. The van der Waals surface area contributed by atoms with Crippen LogP contribution in [-0.2, 0) is 9.47 Å². The van der Waals surface area contributed by atoms with E-state index in [0.29, 0.717) is 37.4 Å². The quantitative estimate of drug-likeness (QED) is 0.773. The number of rotatable bonds is 6. The number of fused-ring (bicyclic) bond motifs is 1. The number of hydrogen-bond acceptors (Lipinski definition) is 5. The van der Waals surface area contributed by atoms with E-state index in [1.165, 1.54) is 0 Å². The van der Waals surface area contributed by atoms with Gasteiger partial charge in [0.1, 0.15) is 6.17 Å². The van der Waals surface area contributed by atoms with Crippen molar-refractivity contribution in [1.29, 1.82) is 0 Å². The van der Waals surface area contributed by atoms with Gasteiger partial charge >= 0.3 is 0 Å². The molecule has 164 valence electrons. The van der Waals surface area contributed by atoms with Crippen molar-refractivity contribution >= 4 is 17.5 Å². The number of nitrogens with zero attached hydrogens (tertiary/aromatic N) is 2. The molecule has 7 nitrogen and oxygen atoms in total. The largest absolute Gasteiger partial charge is 0.383 e. The third kappa shape index (κ3) is 4.43. The summed E-state index contributed by atoms with van der Waals surface area (Å²) < 4.78 is 10.9. The van der Waals surface area contributed by atoms with Crippen LogP contribution >= 0.6 is 0 Å². The van der Waals surface area contributed by atoms with Crippen LogP contribution in [0.15, 0.2) is 48.5 Å². The van der Waals surface area contributed by atoms with Crippen molar-refractivity contribution in [3.8, 4) is 0 Å². The van der Waals surface area contributed by atoms with Crippen LogP contribution in [0.5, 0.6) is 0 Å². The zero-order valence-corrected chi connectivity index (χ0v) is 18.2. The lowest BCUT2D eigenvalue weighted by Crippen LogP contribution is -2.48. The molecule has 7 heteroatoms. The molecule has 2 aliphatic rings. The summed E-state index contributed by atoms with van der Waals surface area (Å²) in [7, 11) is 1.63. The van der Waals surface area contributed by atoms with Gasteiger partial charge in [0.05, 0.1) is 18.8 Å². The van der Waals surface area contributed by atoms with Crippen LogP contribution in [0.4, 0.5) is 5.69 Å². The third-order valence-corrected chi connectivity index (χ3v) is 5.74. The Labute approximate surface area is 182 Å². The van der Waals surface area contributed by atoms with Crippen LogP contribution in [-0.4, -0.2) is 67.2 Å². The van der Waals surface area contributed by atoms with Crippen LogP contribution in [0.1, 0.15) is 46.3 Å². The number of carbonyl (C=O) groups is 2. The monoisotopic (exact) mass is 423 g/mol. The molecule has 3 atom stereocenters. The summed E-state index contributed by atoms with van der Waals surface area (Å²) in [4.78, 5) is 29.4. The highest BCUT2D eigenvalue weighted by atomic mass is 16.5. The van der Waals surface area contributed by atoms with Crippen LogP contribution in [0.25, 0.3) is 0 Å². The molecule has 1 fully saturated rings. The molecular formula is C24H29N3O4. The predicted molar refractivity (Wildman–Crippen MR) is 118 cm³/mol. The second-order valence-electron chi connectivity index (χ2n) is 8.17. The molecule has 2 amide bonds. The van der Waals surface area contributed by atoms with Crippen molar-refractivity contribution in [2.45, 2.75) is 32.2 Å². The molecule has 2 aromatic carbocycles. The summed E-state index contributed by atoms with van der Waals surface area (Å²) in [5, 5.41) is 3.45. The number of benzene rings is 2. The van der Waals surface area contributed by atoms with Gasteiger partial charge in [-0.2, -0.15) is 0 Å². The minimum Gasteiger partial charge on any atom is -0.383 e. The highest BCUT2D eigenvalue weighted by molar-refractivity contribution is 5.99. The molecule has 0 aliphatic carbocycles. The number of carbonyl (C=O) groups excluding carboxylic acids is 2. The maximum absolute atomic E-state index is 12.9. The Bertz CT molecular complexity index is 936. The Morgan fingerprint density at radius 1 is 1.10 bits per heavy atom. The third-order valence-electron chi connectivity index (χ3n) is 5.74. The first-order valence-corrected chi connectivity index (χ1v) is 10.7. The zero-order valence-electron chi connectivity index (χ0n) is 18.2. The molecule has 2 aliphatic heterocycles. The summed E-state index contributed by atoms with van der Waals surface area (Å²) in [5.41, 5.74) is 3.14. The van der Waals surface area contributed by atoms with Gasteiger partial charge in [0.15, 0.2) is 0 Å². The van der Waals surface area contributed by atoms with E-state index in [1.807, 2.05) is 67.3 Å². The van der Waals surface area contributed by atoms with E-state index in [1.54, 1.807) is 12.0 Å². The molecule has 2 heterocycles. The molecule has 1 saturated heterocycles. The van der Waals surface area contributed by atoms with Crippen LogP contribution < -0.4 is 5.32 Å². The van der Waals surface area contributed by atoms with Crippen LogP contribution in [0.3, 0.4) is 0 Å². The molecule has 3 unspecified atom stereocenters. The fraction of sp³-hybridized carbons (Fsp3) is 0.417. The van der Waals surface area contributed by atoms with Gasteiger partial charge in [-0.05, 0) is 44.2 Å². The summed E-state index contributed by atoms with van der Waals surface area (Å²) in [6.07, 6.45) is -0.209. The summed E-state index contributed by atoms with van der Waals surface area (Å²) in [6.45, 7) is 6.11. The number of methoxy groups -OCH3 is 1. The number of ether oxygens (including phenoxy) is 2. The maximum Gasteiger partial charge on any atom is 0.256 e. The Hall–Kier alpha value is -2.90. The van der Waals surface area contributed by atoms with Crippen molar-refractivity contribution in [3.63, 3.8) is 0 Å². The fourth-order valence-corrected chi connectivity index (χ4v) is 4.34. The first kappa shape index (κ1) is 21.3. The normalized spacial score (nSPS) is 23.1. The van der Waals surface area contributed by atoms with Crippen molar-refractivity contribution in [2.75, 3.05) is 38.7 Å². The Balaban J connectivity index is 1.50. The van der Waals surface area contributed by atoms with Gasteiger partial charge in [-0.1, -0.05) is 18.2 Å². The minimum atomic E-state index is -0.277. The summed E-state index contributed by atoms with van der Waals surface area (Å²) >= 11 is 0. The molecule has 31 heavy (non-hydrogen) atoms. The molecule has 1 N–H and O–H groups in total. The second kappa shape index (κ2) is 9.08. The minimum absolute atomic E-state index is 0.00694. The van der Waals surface area contributed by atoms with Gasteiger partial charge in [0, 0.05) is 49.1 Å². The summed E-state index contributed by atoms with van der Waals surface area (Å²) in [5.74, 6) is 0.00386. The smallest absolute Gasteiger partial charge is 0.256 e. The van der Waals surface area contributed by atoms with Gasteiger partial charge in [0.2, 0.25) is 0 Å². The van der Waals surface area contributed by atoms with E-state index in [-0.39, 0.29) is 30.2 Å². The number of hydrogen-bond donors (Lipinski definition) is 1. The molecule has 4 rings (SSSR count). The van der Waals surface area contributed by atoms with E-state index in [0.717, 1.165) is 11.3 Å². The molecule has 0 saturated carbocycles. The topological polar surface area (TPSA) is 71.1 Å². The molecule has 0 radical (unpaired) electrons. The lowest BCUT2D eigenvalue weighted by molar-refractivity contribution is -0.0586. The van der Waals surface area contributed by atoms with E-state index in [4.69, 9.17) is 9.47 Å². The Morgan fingerprint density at radius 3 is 2.45 bits per heavy atom. The lowest BCUT2D eigenvalue weighted by atomic mass is 10.1. The van der Waals surface area contributed by atoms with Gasteiger partial charge in [0.25, 0.3) is 11.8 Å². The van der Waals surface area contributed by atoms with Gasteiger partial charge in [-0.15, -0.1) is 0 Å². The van der Waals surface area contributed by atoms with Crippen molar-refractivity contribution < 1.29 is 19.1 Å². The van der Waals surface area contributed by atoms with Crippen molar-refractivity contribution in [1.82, 2.24) is 9.80 Å². The fourth-order valence-electron chi connectivity index (χ4n) is 4.34. The van der Waals surface area contributed by atoms with Crippen molar-refractivity contribution in [3.05, 3.63) is 65.2 Å². The highest BCUT2D eigenvalue weighted by Crippen LogP contribution is 2.34. The molecule has 0 bridgehead atoms. The van der Waals surface area contributed by atoms with Crippen LogP contribution in [0, 0.1) is 0 Å². The van der Waals surface area contributed by atoms with Crippen molar-refractivity contribution in [2.24, 2.45) is 0 Å². The number of anilines is 1. The van der Waals surface area contributed by atoms with E-state index in [2.05, 4.69) is 5.32 Å². The molecule has 0 aromatic heterocycles. The predicted octanol–water partition coefficient (Wildman–Crippen LogP) is 3.15. The van der Waals surface area contributed by atoms with Gasteiger partial charge in [-0.25, -0.2) is 0 Å². The van der Waals surface area contributed by atoms with E-state index >= 15 is 0 Å². The number of morpholine rings is 1. The SMILES string of the molecule is COCCN1C(=O)c2ccccc2C1Nc1ccc(C(=O)N2CC(C)OC(C)C2)cc1. The molecular weight excluding hydrogens is 394 g/mol. The average molecular weight is 424 g/mol. The highest BCUT2D eigenvalue weighted by Gasteiger charge is 2.36. The maximum atomic E-state index is 12.9. The zero-order chi connectivity index (χ0) is 22.0. The van der Waals surface area contributed by atoms with Crippen LogP contribution in [0.2, 0.25) is 0 Å². The van der Waals surface area contributed by atoms with Gasteiger partial charge in [-0.3, -0.25) is 9.59 Å². The first-order valence-electron chi connectivity index (χ1n) is 10.7. The summed E-state index contributed by atoms with van der Waals surface area (Å²) in [6, 6.07) is 15.1. The first-order chi connectivity index (χ1) is 15.0. The Kier molecular flexibility index (Phi) is 6.25. The van der Waals surface area contributed by atoms with E-state index < -0.39 is 0 Å². The van der Waals surface area contributed by atoms with E-state index in [9.17, 15) is 9.59 Å². The molecule has 0 spiro atoms. The Morgan fingerprint density at radius 2 is 1.77 bits per heavy atom.